The summed E-state index contributed by atoms with van der Waals surface area (Å²) in [4.78, 5) is 13.1. The highest BCUT2D eigenvalue weighted by atomic mass is 16.2. The molecule has 5 heteroatoms. The number of likely N-dealkylation sites (N-methyl/N-ethyl adjacent to an activating group) is 1. The summed E-state index contributed by atoms with van der Waals surface area (Å²) < 4.78 is 0. The van der Waals surface area contributed by atoms with Crippen molar-refractivity contribution in [3.63, 3.8) is 0 Å². The van der Waals surface area contributed by atoms with E-state index in [1.807, 2.05) is 12.1 Å². The van der Waals surface area contributed by atoms with Crippen LogP contribution in [0.1, 0.15) is 5.56 Å². The topological polar surface area (TPSA) is 79.9 Å². The lowest BCUT2D eigenvalue weighted by molar-refractivity contribution is -0.119. The summed E-state index contributed by atoms with van der Waals surface area (Å²) in [7, 11) is 1.77. The number of carbonyl (C=O) groups is 1. The number of amides is 1. The second-order valence-corrected chi connectivity index (χ2v) is 3.45. The third kappa shape index (κ3) is 3.84. The molecular formula is C12H12N4O. The molecule has 0 radical (unpaired) electrons. The first kappa shape index (κ1) is 12.5. The SMILES string of the molecule is CN(CC(=O)NCC#N)c1ccc(C#N)cc1. The Morgan fingerprint density at radius 3 is 2.53 bits per heavy atom. The molecule has 0 unspecified atom stereocenters. The fourth-order valence-electron chi connectivity index (χ4n) is 1.29. The number of anilines is 1. The van der Waals surface area contributed by atoms with E-state index < -0.39 is 0 Å². The largest absolute Gasteiger partial charge is 0.365 e. The number of nitrogens with zero attached hydrogens (tertiary/aromatic N) is 3. The van der Waals surface area contributed by atoms with Gasteiger partial charge in [0.15, 0.2) is 0 Å². The highest BCUT2D eigenvalue weighted by Gasteiger charge is 2.06. The van der Waals surface area contributed by atoms with E-state index in [0.717, 1.165) is 5.69 Å². The highest BCUT2D eigenvalue weighted by Crippen LogP contribution is 2.12. The van der Waals surface area contributed by atoms with E-state index in [9.17, 15) is 4.79 Å². The van der Waals surface area contributed by atoms with Gasteiger partial charge < -0.3 is 10.2 Å². The van der Waals surface area contributed by atoms with Crippen molar-refractivity contribution in [3.05, 3.63) is 29.8 Å². The quantitative estimate of drug-likeness (QED) is 0.767. The average Bonchev–Trinajstić information content (AvgIpc) is 2.36. The van der Waals surface area contributed by atoms with Gasteiger partial charge in [0.25, 0.3) is 0 Å². The average molecular weight is 228 g/mol. The molecule has 0 heterocycles. The molecule has 1 aromatic carbocycles. The predicted molar refractivity (Wildman–Crippen MR) is 63.0 cm³/mol. The monoisotopic (exact) mass is 228 g/mol. The third-order valence-corrected chi connectivity index (χ3v) is 2.18. The molecule has 0 aromatic heterocycles. The summed E-state index contributed by atoms with van der Waals surface area (Å²) in [6.45, 7) is 0.188. The fourth-order valence-corrected chi connectivity index (χ4v) is 1.29. The molecule has 1 rings (SSSR count). The zero-order valence-corrected chi connectivity index (χ0v) is 9.47. The van der Waals surface area contributed by atoms with E-state index in [4.69, 9.17) is 10.5 Å². The zero-order valence-electron chi connectivity index (χ0n) is 9.47. The lowest BCUT2D eigenvalue weighted by Gasteiger charge is -2.18. The number of benzene rings is 1. The van der Waals surface area contributed by atoms with Crippen LogP contribution in [0.5, 0.6) is 0 Å². The van der Waals surface area contributed by atoms with Crippen molar-refractivity contribution < 1.29 is 4.79 Å². The maximum Gasteiger partial charge on any atom is 0.240 e. The van der Waals surface area contributed by atoms with Crippen molar-refractivity contribution in [1.82, 2.24) is 5.32 Å². The van der Waals surface area contributed by atoms with Gasteiger partial charge in [0, 0.05) is 12.7 Å². The first-order chi connectivity index (χ1) is 8.17. The van der Waals surface area contributed by atoms with Gasteiger partial charge in [0.05, 0.1) is 24.2 Å². The van der Waals surface area contributed by atoms with Crippen LogP contribution in [0.3, 0.4) is 0 Å². The van der Waals surface area contributed by atoms with Crippen molar-refractivity contribution in [1.29, 1.82) is 10.5 Å². The minimum absolute atomic E-state index is 0.0139. The van der Waals surface area contributed by atoms with Crippen LogP contribution >= 0.6 is 0 Å². The lowest BCUT2D eigenvalue weighted by atomic mass is 10.2. The number of nitriles is 2. The minimum Gasteiger partial charge on any atom is -0.365 e. The van der Waals surface area contributed by atoms with Crippen LogP contribution in [-0.2, 0) is 4.79 Å². The summed E-state index contributed by atoms with van der Waals surface area (Å²) in [6, 6.07) is 10.8. The van der Waals surface area contributed by atoms with Gasteiger partial charge in [0.1, 0.15) is 6.54 Å². The molecule has 0 atom stereocenters. The molecule has 0 aliphatic carbocycles. The molecular weight excluding hydrogens is 216 g/mol. The van der Waals surface area contributed by atoms with Crippen molar-refractivity contribution in [3.8, 4) is 12.1 Å². The summed E-state index contributed by atoms with van der Waals surface area (Å²) >= 11 is 0. The molecule has 0 saturated carbocycles. The standard InChI is InChI=1S/C12H12N4O/c1-16(9-12(17)15-7-6-13)11-4-2-10(8-14)3-5-11/h2-5H,7,9H2,1H3,(H,15,17). The summed E-state index contributed by atoms with van der Waals surface area (Å²) in [6.07, 6.45) is 0. The van der Waals surface area contributed by atoms with Gasteiger partial charge in [-0.05, 0) is 24.3 Å². The molecule has 17 heavy (non-hydrogen) atoms. The van der Waals surface area contributed by atoms with E-state index in [0.29, 0.717) is 5.56 Å². The van der Waals surface area contributed by atoms with Crippen LogP contribution in [0, 0.1) is 22.7 Å². The van der Waals surface area contributed by atoms with E-state index in [1.165, 1.54) is 0 Å². The number of carbonyl (C=O) groups excluding carboxylic acids is 1. The molecule has 1 N–H and O–H groups in total. The van der Waals surface area contributed by atoms with Gasteiger partial charge in [-0.25, -0.2) is 0 Å². The van der Waals surface area contributed by atoms with Gasteiger partial charge >= 0.3 is 0 Å². The Kier molecular flexibility index (Phi) is 4.53. The van der Waals surface area contributed by atoms with E-state index in [-0.39, 0.29) is 19.0 Å². The highest BCUT2D eigenvalue weighted by molar-refractivity contribution is 5.81. The van der Waals surface area contributed by atoms with E-state index in [2.05, 4.69) is 5.32 Å². The van der Waals surface area contributed by atoms with Crippen molar-refractivity contribution >= 4 is 11.6 Å². The Balaban J connectivity index is 2.58. The van der Waals surface area contributed by atoms with Crippen molar-refractivity contribution in [2.24, 2.45) is 0 Å². The summed E-state index contributed by atoms with van der Waals surface area (Å²) in [5.74, 6) is -0.210. The van der Waals surface area contributed by atoms with Gasteiger partial charge in [0.2, 0.25) is 5.91 Å². The first-order valence-corrected chi connectivity index (χ1v) is 5.02. The number of nitrogens with one attached hydrogen (secondary N) is 1. The van der Waals surface area contributed by atoms with E-state index in [1.54, 1.807) is 36.2 Å². The smallest absolute Gasteiger partial charge is 0.240 e. The molecule has 5 nitrogen and oxygen atoms in total. The van der Waals surface area contributed by atoms with Crippen molar-refractivity contribution in [2.75, 3.05) is 25.0 Å². The second kappa shape index (κ2) is 6.14. The molecule has 0 aliphatic heterocycles. The molecule has 0 aliphatic rings. The minimum atomic E-state index is -0.210. The molecule has 1 amide bonds. The Hall–Kier alpha value is -2.53. The number of hydrogen-bond donors (Lipinski definition) is 1. The Morgan fingerprint density at radius 2 is 2.00 bits per heavy atom. The summed E-state index contributed by atoms with van der Waals surface area (Å²) in [5.41, 5.74) is 1.42. The molecule has 86 valence electrons. The van der Waals surface area contributed by atoms with Gasteiger partial charge in [-0.15, -0.1) is 0 Å². The van der Waals surface area contributed by atoms with Gasteiger partial charge in [-0.2, -0.15) is 10.5 Å². The van der Waals surface area contributed by atoms with Crippen LogP contribution < -0.4 is 10.2 Å². The Bertz CT molecular complexity index is 467. The normalized spacial score (nSPS) is 8.88. The zero-order chi connectivity index (χ0) is 12.7. The second-order valence-electron chi connectivity index (χ2n) is 3.45. The van der Waals surface area contributed by atoms with Crippen LogP contribution in [0.25, 0.3) is 0 Å². The van der Waals surface area contributed by atoms with Gasteiger partial charge in [-0.3, -0.25) is 4.79 Å². The maximum atomic E-state index is 11.4. The molecule has 0 spiro atoms. The van der Waals surface area contributed by atoms with Crippen LogP contribution in [-0.4, -0.2) is 26.0 Å². The molecule has 0 fully saturated rings. The maximum absolute atomic E-state index is 11.4. The van der Waals surface area contributed by atoms with Crippen molar-refractivity contribution in [2.45, 2.75) is 0 Å². The Morgan fingerprint density at radius 1 is 1.35 bits per heavy atom. The van der Waals surface area contributed by atoms with Crippen LogP contribution in [0.2, 0.25) is 0 Å². The first-order valence-electron chi connectivity index (χ1n) is 5.02. The van der Waals surface area contributed by atoms with E-state index >= 15 is 0 Å². The lowest BCUT2D eigenvalue weighted by Crippen LogP contribution is -2.35. The fraction of sp³-hybridized carbons (Fsp3) is 0.250. The number of rotatable bonds is 4. The predicted octanol–water partition coefficient (Wildman–Crippen LogP) is 0.634. The van der Waals surface area contributed by atoms with Gasteiger partial charge in [-0.1, -0.05) is 0 Å². The Labute approximate surface area is 99.9 Å². The summed E-state index contributed by atoms with van der Waals surface area (Å²) in [5, 5.41) is 19.4. The van der Waals surface area contributed by atoms with Crippen LogP contribution in [0.4, 0.5) is 5.69 Å². The molecule has 0 saturated heterocycles. The molecule has 1 aromatic rings. The third-order valence-electron chi connectivity index (χ3n) is 2.18. The number of hydrogen-bond acceptors (Lipinski definition) is 4. The van der Waals surface area contributed by atoms with Crippen LogP contribution in [0.15, 0.2) is 24.3 Å². The molecule has 0 bridgehead atoms.